The zero-order chi connectivity index (χ0) is 20.4. The van der Waals surface area contributed by atoms with Crippen LogP contribution in [0.3, 0.4) is 0 Å². The van der Waals surface area contributed by atoms with Crippen LogP contribution in [0.4, 0.5) is 5.69 Å². The first-order chi connectivity index (χ1) is 13.9. The number of rotatable bonds is 5. The van der Waals surface area contributed by atoms with Crippen molar-refractivity contribution in [1.82, 2.24) is 4.31 Å². The lowest BCUT2D eigenvalue weighted by atomic mass is 10.0. The van der Waals surface area contributed by atoms with Gasteiger partial charge in [-0.1, -0.05) is 28.1 Å². The van der Waals surface area contributed by atoms with Crippen LogP contribution >= 0.6 is 15.9 Å². The number of amides is 1. The molecule has 1 amide bonds. The summed E-state index contributed by atoms with van der Waals surface area (Å²) in [6.07, 6.45) is 4.83. The van der Waals surface area contributed by atoms with Crippen LogP contribution in [0.5, 0.6) is 0 Å². The van der Waals surface area contributed by atoms with Crippen molar-refractivity contribution >= 4 is 37.5 Å². The number of carbonyl (C=O) groups excluding carboxylic acids is 1. The van der Waals surface area contributed by atoms with E-state index in [1.165, 1.54) is 5.56 Å². The molecule has 5 nitrogen and oxygen atoms in total. The maximum Gasteiger partial charge on any atom is 0.243 e. The lowest BCUT2D eigenvalue weighted by Gasteiger charge is -2.29. The lowest BCUT2D eigenvalue weighted by Crippen LogP contribution is -2.35. The van der Waals surface area contributed by atoms with Crippen LogP contribution in [0, 0.1) is 0 Å². The Kier molecular flexibility index (Phi) is 6.08. The Labute approximate surface area is 180 Å². The normalized spacial score (nSPS) is 17.3. The van der Waals surface area contributed by atoms with Gasteiger partial charge in [-0.05, 0) is 73.6 Å². The molecule has 0 unspecified atom stereocenters. The van der Waals surface area contributed by atoms with E-state index in [0.29, 0.717) is 30.8 Å². The molecule has 154 valence electrons. The van der Waals surface area contributed by atoms with Crippen LogP contribution in [-0.4, -0.2) is 38.3 Å². The Hall–Kier alpha value is -1.70. The fourth-order valence-electron chi connectivity index (χ4n) is 4.12. The zero-order valence-corrected chi connectivity index (χ0v) is 18.7. The molecule has 4 rings (SSSR count). The molecule has 0 radical (unpaired) electrons. The number of hydrogen-bond donors (Lipinski definition) is 0. The summed E-state index contributed by atoms with van der Waals surface area (Å²) in [4.78, 5) is 15.1. The average molecular weight is 477 g/mol. The summed E-state index contributed by atoms with van der Waals surface area (Å²) in [6.45, 7) is 1.96. The number of nitrogens with zero attached hydrogens (tertiary/aromatic N) is 2. The van der Waals surface area contributed by atoms with Crippen molar-refractivity contribution in [3.63, 3.8) is 0 Å². The largest absolute Gasteiger partial charge is 0.312 e. The quantitative estimate of drug-likeness (QED) is 0.651. The van der Waals surface area contributed by atoms with Gasteiger partial charge in [0.1, 0.15) is 0 Å². The minimum absolute atomic E-state index is 0.113. The number of aryl methyl sites for hydroxylation is 2. The minimum Gasteiger partial charge on any atom is -0.312 e. The van der Waals surface area contributed by atoms with Gasteiger partial charge in [0.2, 0.25) is 15.9 Å². The molecule has 2 heterocycles. The summed E-state index contributed by atoms with van der Waals surface area (Å²) >= 11 is 3.50. The van der Waals surface area contributed by atoms with E-state index in [1.54, 1.807) is 16.4 Å². The summed E-state index contributed by atoms with van der Waals surface area (Å²) in [5, 5.41) is 0. The third kappa shape index (κ3) is 4.42. The molecule has 0 saturated carbocycles. The number of fused-ring (bicyclic) bond motifs is 1. The summed E-state index contributed by atoms with van der Waals surface area (Å²) < 4.78 is 27.8. The Morgan fingerprint density at radius 1 is 0.966 bits per heavy atom. The number of halogens is 1. The van der Waals surface area contributed by atoms with Gasteiger partial charge in [0.15, 0.2) is 0 Å². The first-order valence-corrected chi connectivity index (χ1v) is 12.4. The van der Waals surface area contributed by atoms with Crippen LogP contribution in [0.2, 0.25) is 0 Å². The van der Waals surface area contributed by atoms with E-state index in [2.05, 4.69) is 22.0 Å². The standard InChI is InChI=1S/C22H25BrN2O3S/c23-19-8-11-21-18(16-19)4-3-15-25(21)22(26)12-7-17-5-9-20(10-6-17)29(27,28)24-13-1-2-14-24/h5-6,8-11,16H,1-4,7,12-15H2. The first-order valence-electron chi connectivity index (χ1n) is 10.1. The van der Waals surface area contributed by atoms with E-state index in [1.807, 2.05) is 29.2 Å². The second-order valence-electron chi connectivity index (χ2n) is 7.68. The van der Waals surface area contributed by atoms with Gasteiger partial charge in [-0.15, -0.1) is 0 Å². The van der Waals surface area contributed by atoms with E-state index < -0.39 is 10.0 Å². The number of anilines is 1. The molecule has 7 heteroatoms. The van der Waals surface area contributed by atoms with Crippen LogP contribution in [0.25, 0.3) is 0 Å². The predicted molar refractivity (Wildman–Crippen MR) is 118 cm³/mol. The Bertz CT molecular complexity index is 999. The molecule has 2 aliphatic heterocycles. The van der Waals surface area contributed by atoms with Gasteiger partial charge in [0, 0.05) is 36.2 Å². The number of carbonyl (C=O) groups is 1. The monoisotopic (exact) mass is 476 g/mol. The summed E-state index contributed by atoms with van der Waals surface area (Å²) in [5.74, 6) is 0.113. The van der Waals surface area contributed by atoms with Gasteiger partial charge >= 0.3 is 0 Å². The maximum absolute atomic E-state index is 12.8. The van der Waals surface area contributed by atoms with Gasteiger partial charge in [-0.25, -0.2) is 8.42 Å². The fourth-order valence-corrected chi connectivity index (χ4v) is 6.04. The molecule has 2 aromatic carbocycles. The van der Waals surface area contributed by atoms with Crippen molar-refractivity contribution in [2.24, 2.45) is 0 Å². The van der Waals surface area contributed by atoms with Crippen molar-refractivity contribution < 1.29 is 13.2 Å². The third-order valence-corrected chi connectivity index (χ3v) is 8.12. The molecule has 1 fully saturated rings. The summed E-state index contributed by atoms with van der Waals surface area (Å²) in [7, 11) is -3.39. The average Bonchev–Trinajstić information content (AvgIpc) is 3.27. The molecule has 1 saturated heterocycles. The molecule has 0 aliphatic carbocycles. The van der Waals surface area contributed by atoms with Gasteiger partial charge in [-0.3, -0.25) is 4.79 Å². The Balaban J connectivity index is 1.40. The van der Waals surface area contributed by atoms with Crippen molar-refractivity contribution in [3.05, 3.63) is 58.1 Å². The molecule has 0 bridgehead atoms. The van der Waals surface area contributed by atoms with E-state index in [4.69, 9.17) is 0 Å². The van der Waals surface area contributed by atoms with Crippen molar-refractivity contribution in [2.75, 3.05) is 24.5 Å². The van der Waals surface area contributed by atoms with Crippen LogP contribution in [0.1, 0.15) is 36.8 Å². The van der Waals surface area contributed by atoms with Crippen LogP contribution in [-0.2, 0) is 27.7 Å². The maximum atomic E-state index is 12.8. The van der Waals surface area contributed by atoms with Crippen molar-refractivity contribution in [3.8, 4) is 0 Å². The van der Waals surface area contributed by atoms with E-state index in [0.717, 1.165) is 48.0 Å². The number of benzene rings is 2. The lowest BCUT2D eigenvalue weighted by molar-refractivity contribution is -0.118. The van der Waals surface area contributed by atoms with E-state index in [-0.39, 0.29) is 5.91 Å². The second kappa shape index (κ2) is 8.58. The van der Waals surface area contributed by atoms with E-state index in [9.17, 15) is 13.2 Å². The molecular weight excluding hydrogens is 452 g/mol. The number of hydrogen-bond acceptors (Lipinski definition) is 3. The molecule has 2 aromatic rings. The highest BCUT2D eigenvalue weighted by Gasteiger charge is 2.27. The number of sulfonamides is 1. The Morgan fingerprint density at radius 2 is 1.69 bits per heavy atom. The highest BCUT2D eigenvalue weighted by atomic mass is 79.9. The van der Waals surface area contributed by atoms with Gasteiger partial charge < -0.3 is 4.90 Å². The topological polar surface area (TPSA) is 57.7 Å². The van der Waals surface area contributed by atoms with Crippen LogP contribution in [0.15, 0.2) is 51.8 Å². The fraction of sp³-hybridized carbons (Fsp3) is 0.409. The molecule has 0 atom stereocenters. The predicted octanol–water partition coefficient (Wildman–Crippen LogP) is 4.15. The second-order valence-corrected chi connectivity index (χ2v) is 10.5. The molecule has 0 aromatic heterocycles. The summed E-state index contributed by atoms with van der Waals surface area (Å²) in [6, 6.07) is 13.1. The van der Waals surface area contributed by atoms with Gasteiger partial charge in [0.25, 0.3) is 0 Å². The molecule has 0 spiro atoms. The summed E-state index contributed by atoms with van der Waals surface area (Å²) in [5.41, 5.74) is 3.19. The minimum atomic E-state index is -3.39. The molecule has 29 heavy (non-hydrogen) atoms. The first kappa shape index (κ1) is 20.6. The molecule has 0 N–H and O–H groups in total. The van der Waals surface area contributed by atoms with Gasteiger partial charge in [-0.2, -0.15) is 4.31 Å². The Morgan fingerprint density at radius 3 is 2.41 bits per heavy atom. The van der Waals surface area contributed by atoms with E-state index >= 15 is 0 Å². The highest BCUT2D eigenvalue weighted by Crippen LogP contribution is 2.30. The highest BCUT2D eigenvalue weighted by molar-refractivity contribution is 9.10. The third-order valence-electron chi connectivity index (χ3n) is 5.71. The molecule has 2 aliphatic rings. The SMILES string of the molecule is O=C(CCc1ccc(S(=O)(=O)N2CCCC2)cc1)N1CCCc2cc(Br)ccc21. The smallest absolute Gasteiger partial charge is 0.243 e. The van der Waals surface area contributed by atoms with Crippen molar-refractivity contribution in [2.45, 2.75) is 43.4 Å². The van der Waals surface area contributed by atoms with Crippen LogP contribution < -0.4 is 4.90 Å². The molecular formula is C22H25BrN2O3S. The van der Waals surface area contributed by atoms with Crippen molar-refractivity contribution in [1.29, 1.82) is 0 Å². The zero-order valence-electron chi connectivity index (χ0n) is 16.3. The van der Waals surface area contributed by atoms with Gasteiger partial charge in [0.05, 0.1) is 4.90 Å².